The Balaban J connectivity index is 2.28. The van der Waals surface area contributed by atoms with Gasteiger partial charge in [0.2, 0.25) is 0 Å². The Morgan fingerprint density at radius 2 is 2.55 bits per heavy atom. The molecule has 1 unspecified atom stereocenters. The molecule has 2 heteroatoms. The third-order valence-corrected chi connectivity index (χ3v) is 2.15. The maximum atomic E-state index is 5.23. The molecular formula is C9H16N2. The van der Waals surface area contributed by atoms with Crippen molar-refractivity contribution < 1.29 is 0 Å². The van der Waals surface area contributed by atoms with Gasteiger partial charge in [-0.25, -0.2) is 0 Å². The van der Waals surface area contributed by atoms with E-state index in [1.807, 2.05) is 0 Å². The maximum Gasteiger partial charge on any atom is 0.0599 e. The summed E-state index contributed by atoms with van der Waals surface area (Å²) in [6, 6.07) is 0.650. The summed E-state index contributed by atoms with van der Waals surface area (Å²) in [6.45, 7) is 6.30. The van der Waals surface area contributed by atoms with E-state index in [2.05, 4.69) is 23.1 Å². The molecule has 1 atom stereocenters. The van der Waals surface area contributed by atoms with Crippen LogP contribution in [0.15, 0.2) is 0 Å². The summed E-state index contributed by atoms with van der Waals surface area (Å²) in [5, 5.41) is 3.45. The van der Waals surface area contributed by atoms with E-state index in [0.29, 0.717) is 6.04 Å². The molecule has 1 saturated heterocycles. The van der Waals surface area contributed by atoms with Crippen LogP contribution in [0.1, 0.15) is 13.3 Å². The first-order valence-corrected chi connectivity index (χ1v) is 4.26. The minimum absolute atomic E-state index is 0.650. The van der Waals surface area contributed by atoms with Gasteiger partial charge in [-0.1, -0.05) is 12.8 Å². The second-order valence-electron chi connectivity index (χ2n) is 3.00. The number of terminal acetylenes is 1. The van der Waals surface area contributed by atoms with Crippen LogP contribution in [-0.2, 0) is 0 Å². The van der Waals surface area contributed by atoms with Crippen LogP contribution in [0.5, 0.6) is 0 Å². The summed E-state index contributed by atoms with van der Waals surface area (Å²) in [7, 11) is 0. The van der Waals surface area contributed by atoms with Gasteiger partial charge in [0, 0.05) is 25.7 Å². The Morgan fingerprint density at radius 3 is 3.18 bits per heavy atom. The zero-order valence-electron chi connectivity index (χ0n) is 7.14. The number of rotatable bonds is 2. The lowest BCUT2D eigenvalue weighted by Crippen LogP contribution is -2.50. The lowest BCUT2D eigenvalue weighted by atomic mass is 10.1. The minimum Gasteiger partial charge on any atom is -0.311 e. The first kappa shape index (κ1) is 8.58. The van der Waals surface area contributed by atoms with Gasteiger partial charge in [0.15, 0.2) is 0 Å². The fraction of sp³-hybridized carbons (Fsp3) is 0.778. The van der Waals surface area contributed by atoms with Crippen LogP contribution in [0.2, 0.25) is 0 Å². The minimum atomic E-state index is 0.650. The quantitative estimate of drug-likeness (QED) is 0.573. The number of nitrogens with one attached hydrogen (secondary N) is 1. The van der Waals surface area contributed by atoms with Gasteiger partial charge in [-0.15, -0.1) is 6.42 Å². The lowest BCUT2D eigenvalue weighted by Gasteiger charge is -2.31. The Hall–Kier alpha value is -0.520. The summed E-state index contributed by atoms with van der Waals surface area (Å²) < 4.78 is 0. The highest BCUT2D eigenvalue weighted by Crippen LogP contribution is 2.00. The predicted molar refractivity (Wildman–Crippen MR) is 47.4 cm³/mol. The van der Waals surface area contributed by atoms with Gasteiger partial charge in [-0.05, 0) is 6.42 Å². The summed E-state index contributed by atoms with van der Waals surface area (Å²) >= 11 is 0. The molecule has 0 spiro atoms. The van der Waals surface area contributed by atoms with Crippen molar-refractivity contribution in [1.29, 1.82) is 0 Å². The molecule has 1 N–H and O–H groups in total. The highest BCUT2D eigenvalue weighted by Gasteiger charge is 2.15. The van der Waals surface area contributed by atoms with Crippen molar-refractivity contribution in [2.45, 2.75) is 19.4 Å². The first-order chi connectivity index (χ1) is 5.36. The van der Waals surface area contributed by atoms with Crippen molar-refractivity contribution in [2.24, 2.45) is 0 Å². The van der Waals surface area contributed by atoms with Crippen LogP contribution >= 0.6 is 0 Å². The fourth-order valence-electron chi connectivity index (χ4n) is 1.44. The number of nitrogens with zero attached hydrogens (tertiary/aromatic N) is 1. The predicted octanol–water partition coefficient (Wildman–Crippen LogP) is 0.303. The van der Waals surface area contributed by atoms with Crippen LogP contribution < -0.4 is 5.32 Å². The highest BCUT2D eigenvalue weighted by molar-refractivity contribution is 4.90. The van der Waals surface area contributed by atoms with Crippen LogP contribution in [0.25, 0.3) is 0 Å². The van der Waals surface area contributed by atoms with Gasteiger partial charge in [0.25, 0.3) is 0 Å². The molecule has 0 saturated carbocycles. The molecule has 62 valence electrons. The number of piperazine rings is 1. The van der Waals surface area contributed by atoms with Crippen molar-refractivity contribution >= 4 is 0 Å². The molecular weight excluding hydrogens is 136 g/mol. The highest BCUT2D eigenvalue weighted by atomic mass is 15.2. The van der Waals surface area contributed by atoms with Crippen LogP contribution in [-0.4, -0.2) is 37.1 Å². The Bertz CT molecular complexity index is 148. The van der Waals surface area contributed by atoms with E-state index >= 15 is 0 Å². The maximum absolute atomic E-state index is 5.23. The van der Waals surface area contributed by atoms with E-state index in [4.69, 9.17) is 6.42 Å². The monoisotopic (exact) mass is 152 g/mol. The fourth-order valence-corrected chi connectivity index (χ4v) is 1.44. The SMILES string of the molecule is C#CCN1CCNC(CC)C1. The van der Waals surface area contributed by atoms with Crippen molar-refractivity contribution in [2.75, 3.05) is 26.2 Å². The Morgan fingerprint density at radius 1 is 1.73 bits per heavy atom. The van der Waals surface area contributed by atoms with E-state index in [9.17, 15) is 0 Å². The molecule has 1 heterocycles. The summed E-state index contributed by atoms with van der Waals surface area (Å²) in [5.41, 5.74) is 0. The van der Waals surface area contributed by atoms with E-state index < -0.39 is 0 Å². The molecule has 0 aromatic heterocycles. The smallest absolute Gasteiger partial charge is 0.0599 e. The second-order valence-corrected chi connectivity index (χ2v) is 3.00. The van der Waals surface area contributed by atoms with E-state index in [-0.39, 0.29) is 0 Å². The van der Waals surface area contributed by atoms with Gasteiger partial charge in [-0.2, -0.15) is 0 Å². The lowest BCUT2D eigenvalue weighted by molar-refractivity contribution is 0.218. The third kappa shape index (κ3) is 2.53. The molecule has 0 aromatic carbocycles. The Kier molecular flexibility index (Phi) is 3.41. The molecule has 0 aliphatic carbocycles. The van der Waals surface area contributed by atoms with E-state index in [1.165, 1.54) is 6.42 Å². The molecule has 0 aromatic rings. The number of hydrogen-bond donors (Lipinski definition) is 1. The molecule has 1 rings (SSSR count). The standard InChI is InChI=1S/C9H16N2/c1-3-6-11-7-5-10-9(4-2)8-11/h1,9-10H,4-8H2,2H3. The average molecular weight is 152 g/mol. The molecule has 1 aliphatic heterocycles. The molecule has 0 bridgehead atoms. The average Bonchev–Trinajstić information content (AvgIpc) is 2.06. The van der Waals surface area contributed by atoms with Gasteiger partial charge in [0.1, 0.15) is 0 Å². The van der Waals surface area contributed by atoms with E-state index in [1.54, 1.807) is 0 Å². The molecule has 0 amide bonds. The third-order valence-electron chi connectivity index (χ3n) is 2.15. The summed E-state index contributed by atoms with van der Waals surface area (Å²) in [6.07, 6.45) is 6.43. The number of hydrogen-bond acceptors (Lipinski definition) is 2. The van der Waals surface area contributed by atoms with Crippen LogP contribution in [0.4, 0.5) is 0 Å². The van der Waals surface area contributed by atoms with Gasteiger partial charge in [-0.3, -0.25) is 4.90 Å². The zero-order chi connectivity index (χ0) is 8.10. The summed E-state index contributed by atoms with van der Waals surface area (Å²) in [4.78, 5) is 2.32. The Labute approximate surface area is 69.0 Å². The molecule has 1 fully saturated rings. The van der Waals surface area contributed by atoms with Gasteiger partial charge >= 0.3 is 0 Å². The first-order valence-electron chi connectivity index (χ1n) is 4.26. The normalized spacial score (nSPS) is 26.4. The van der Waals surface area contributed by atoms with Crippen LogP contribution in [0, 0.1) is 12.3 Å². The zero-order valence-corrected chi connectivity index (χ0v) is 7.14. The van der Waals surface area contributed by atoms with Gasteiger partial charge in [0.05, 0.1) is 6.54 Å². The van der Waals surface area contributed by atoms with Crippen molar-refractivity contribution in [3.63, 3.8) is 0 Å². The second kappa shape index (κ2) is 4.38. The van der Waals surface area contributed by atoms with Crippen LogP contribution in [0.3, 0.4) is 0 Å². The van der Waals surface area contributed by atoms with Crippen molar-refractivity contribution in [3.8, 4) is 12.3 Å². The largest absolute Gasteiger partial charge is 0.311 e. The molecule has 0 radical (unpaired) electrons. The molecule has 11 heavy (non-hydrogen) atoms. The van der Waals surface area contributed by atoms with Gasteiger partial charge < -0.3 is 5.32 Å². The molecule has 1 aliphatic rings. The van der Waals surface area contributed by atoms with Crippen molar-refractivity contribution in [1.82, 2.24) is 10.2 Å². The topological polar surface area (TPSA) is 15.3 Å². The van der Waals surface area contributed by atoms with E-state index in [0.717, 1.165) is 26.2 Å². The molecule has 2 nitrogen and oxygen atoms in total. The van der Waals surface area contributed by atoms with Crippen molar-refractivity contribution in [3.05, 3.63) is 0 Å². The summed E-state index contributed by atoms with van der Waals surface area (Å²) in [5.74, 6) is 2.68.